The van der Waals surface area contributed by atoms with Gasteiger partial charge in [0, 0.05) is 88.6 Å². The van der Waals surface area contributed by atoms with Crippen LogP contribution in [0.4, 0.5) is 0 Å². The van der Waals surface area contributed by atoms with Crippen LogP contribution in [0.2, 0.25) is 18.1 Å². The first-order chi connectivity index (χ1) is 18.6. The van der Waals surface area contributed by atoms with Crippen LogP contribution in [0, 0.1) is 0 Å². The molecule has 0 atom stereocenters. The van der Waals surface area contributed by atoms with Crippen LogP contribution in [0.15, 0.2) is 14.4 Å². The van der Waals surface area contributed by atoms with Crippen molar-refractivity contribution in [3.05, 3.63) is 31.5 Å². The molecule has 0 fully saturated rings. The fourth-order valence-corrected chi connectivity index (χ4v) is 9.37. The first-order valence-electron chi connectivity index (χ1n) is 12.5. The molecule has 0 radical (unpaired) electrons. The van der Waals surface area contributed by atoms with Gasteiger partial charge in [-0.25, -0.2) is 28.1 Å². The van der Waals surface area contributed by atoms with Crippen molar-refractivity contribution in [2.75, 3.05) is 63.1 Å². The lowest BCUT2D eigenvalue weighted by molar-refractivity contribution is 0.122. The first kappa shape index (κ1) is 35.7. The highest BCUT2D eigenvalue weighted by atomic mass is 28.4. The standard InChI is InChI=1S/C21H45N3O12Si3/c1-29-37(18-25,30-2)15-9-12-22-19(26)23(13-10-16-38(31-3,32-4)33-5)21(28)24(20(22)27)14-11-17-39(34-6,35-7)36-8/h25H,9-18H2,1-8H3. The van der Waals surface area contributed by atoms with Gasteiger partial charge in [0.05, 0.1) is 6.23 Å². The summed E-state index contributed by atoms with van der Waals surface area (Å²) in [6, 6.07) is 1.06. The topological polar surface area (TPSA) is 160 Å². The summed E-state index contributed by atoms with van der Waals surface area (Å²) in [6.45, 7) is 0.0709. The van der Waals surface area contributed by atoms with Crippen molar-refractivity contribution in [3.8, 4) is 0 Å². The lowest BCUT2D eigenvalue weighted by atomic mass is 10.4. The third-order valence-corrected chi connectivity index (χ3v) is 15.7. The first-order valence-corrected chi connectivity index (χ1v) is 18.6. The zero-order chi connectivity index (χ0) is 29.7. The number of aliphatic hydroxyl groups excluding tert-OH is 1. The van der Waals surface area contributed by atoms with Gasteiger partial charge in [0.15, 0.2) is 0 Å². The Labute approximate surface area is 232 Å². The average molecular weight is 616 g/mol. The molecule has 1 N–H and O–H groups in total. The largest absolute Gasteiger partial charge is 0.500 e. The van der Waals surface area contributed by atoms with Crippen molar-refractivity contribution in [2.24, 2.45) is 0 Å². The maximum absolute atomic E-state index is 13.3. The van der Waals surface area contributed by atoms with Gasteiger partial charge in [-0.2, -0.15) is 0 Å². The fourth-order valence-electron chi connectivity index (χ4n) is 4.28. The summed E-state index contributed by atoms with van der Waals surface area (Å²) in [4.78, 5) is 40.0. The number of aromatic nitrogens is 3. The minimum Gasteiger partial charge on any atom is -0.396 e. The predicted molar refractivity (Wildman–Crippen MR) is 148 cm³/mol. The Morgan fingerprint density at radius 3 is 1.03 bits per heavy atom. The molecule has 0 bridgehead atoms. The summed E-state index contributed by atoms with van der Waals surface area (Å²) in [6.07, 6.45) is 0.737. The molecule has 228 valence electrons. The quantitative estimate of drug-likeness (QED) is 0.175. The van der Waals surface area contributed by atoms with Crippen LogP contribution in [0.25, 0.3) is 0 Å². The molecule has 18 heteroatoms. The van der Waals surface area contributed by atoms with Crippen LogP contribution < -0.4 is 17.1 Å². The van der Waals surface area contributed by atoms with E-state index in [4.69, 9.17) is 35.4 Å². The smallest absolute Gasteiger partial charge is 0.396 e. The van der Waals surface area contributed by atoms with E-state index in [1.54, 1.807) is 0 Å². The van der Waals surface area contributed by atoms with Crippen molar-refractivity contribution in [2.45, 2.75) is 57.0 Å². The van der Waals surface area contributed by atoms with E-state index in [1.807, 2.05) is 0 Å². The van der Waals surface area contributed by atoms with E-state index in [0.29, 0.717) is 37.4 Å². The van der Waals surface area contributed by atoms with Crippen LogP contribution in [0.1, 0.15) is 19.3 Å². The molecule has 0 saturated heterocycles. The highest BCUT2D eigenvalue weighted by Gasteiger charge is 2.38. The minimum atomic E-state index is -2.93. The molecule has 0 saturated carbocycles. The van der Waals surface area contributed by atoms with Crippen molar-refractivity contribution >= 4 is 26.2 Å². The zero-order valence-corrected chi connectivity index (χ0v) is 27.4. The molecule has 1 aromatic heterocycles. The van der Waals surface area contributed by atoms with Gasteiger partial charge < -0.3 is 40.5 Å². The average Bonchev–Trinajstić information content (AvgIpc) is 2.97. The summed E-state index contributed by atoms with van der Waals surface area (Å²) in [7, 11) is 3.09. The molecule has 0 aliphatic heterocycles. The van der Waals surface area contributed by atoms with Gasteiger partial charge >= 0.3 is 43.2 Å². The maximum atomic E-state index is 13.3. The second-order valence-electron chi connectivity index (χ2n) is 8.68. The molecule has 0 amide bonds. The van der Waals surface area contributed by atoms with E-state index >= 15 is 0 Å². The Morgan fingerprint density at radius 1 is 0.513 bits per heavy atom. The molecule has 0 aromatic carbocycles. The maximum Gasteiger partial charge on any atom is 0.500 e. The SMILES string of the molecule is CO[Si](CO)(CCCn1c(=O)n(CCC[Si](OC)(OC)OC)c(=O)n(CCC[Si](OC)(OC)OC)c1=O)OC. The Hall–Kier alpha value is -1.30. The van der Waals surface area contributed by atoms with Gasteiger partial charge in [-0.3, -0.25) is 0 Å². The van der Waals surface area contributed by atoms with Crippen LogP contribution in [0.3, 0.4) is 0 Å². The molecule has 1 heterocycles. The summed E-state index contributed by atoms with van der Waals surface area (Å²) >= 11 is 0. The van der Waals surface area contributed by atoms with Gasteiger partial charge in [0.1, 0.15) is 0 Å². The molecular formula is C21H45N3O12Si3. The van der Waals surface area contributed by atoms with Crippen LogP contribution in [0.5, 0.6) is 0 Å². The summed E-state index contributed by atoms with van der Waals surface area (Å²) < 4.78 is 46.5. The van der Waals surface area contributed by atoms with Gasteiger partial charge in [0.2, 0.25) is 0 Å². The summed E-state index contributed by atoms with van der Waals surface area (Å²) in [5, 5.41) is 9.73. The third kappa shape index (κ3) is 8.84. The van der Waals surface area contributed by atoms with Gasteiger partial charge in [-0.1, -0.05) is 0 Å². The zero-order valence-electron chi connectivity index (χ0n) is 24.4. The number of hydrogen-bond donors (Lipinski definition) is 1. The van der Waals surface area contributed by atoms with Crippen LogP contribution in [-0.4, -0.2) is 108 Å². The van der Waals surface area contributed by atoms with E-state index in [1.165, 1.54) is 56.9 Å². The summed E-state index contributed by atoms with van der Waals surface area (Å²) in [5.41, 5.74) is -2.16. The molecule has 1 aromatic rings. The Bertz CT molecular complexity index is 852. The van der Waals surface area contributed by atoms with E-state index in [2.05, 4.69) is 0 Å². The normalized spacial score (nSPS) is 12.8. The van der Waals surface area contributed by atoms with Crippen molar-refractivity contribution in [1.29, 1.82) is 0 Å². The van der Waals surface area contributed by atoms with Crippen molar-refractivity contribution < 1.29 is 40.5 Å². The Balaban J connectivity index is 3.37. The van der Waals surface area contributed by atoms with E-state index < -0.39 is 43.2 Å². The number of hydrogen-bond acceptors (Lipinski definition) is 12. The molecule has 0 spiro atoms. The Kier molecular flexibility index (Phi) is 15.4. The van der Waals surface area contributed by atoms with Crippen molar-refractivity contribution in [1.82, 2.24) is 13.7 Å². The van der Waals surface area contributed by atoms with E-state index in [9.17, 15) is 19.5 Å². The molecule has 15 nitrogen and oxygen atoms in total. The molecule has 1 rings (SSSR count). The number of aliphatic hydroxyl groups is 1. The molecule has 39 heavy (non-hydrogen) atoms. The van der Waals surface area contributed by atoms with Crippen LogP contribution in [-0.2, 0) is 55.0 Å². The third-order valence-electron chi connectivity index (χ3n) is 6.91. The van der Waals surface area contributed by atoms with Crippen molar-refractivity contribution in [3.63, 3.8) is 0 Å². The second kappa shape index (κ2) is 16.8. The number of rotatable bonds is 21. The lowest BCUT2D eigenvalue weighted by Gasteiger charge is -2.25. The fraction of sp³-hybridized carbons (Fsp3) is 0.857. The minimum absolute atomic E-state index is 0.0131. The highest BCUT2D eigenvalue weighted by molar-refractivity contribution is 6.67. The molecular weight excluding hydrogens is 570 g/mol. The summed E-state index contributed by atoms with van der Waals surface area (Å²) in [5.74, 6) is 0. The van der Waals surface area contributed by atoms with Gasteiger partial charge in [0.25, 0.3) is 0 Å². The van der Waals surface area contributed by atoms with Gasteiger partial charge in [-0.05, 0) is 25.3 Å². The van der Waals surface area contributed by atoms with E-state index in [0.717, 1.165) is 13.7 Å². The predicted octanol–water partition coefficient (Wildman–Crippen LogP) is -0.635. The monoisotopic (exact) mass is 615 g/mol. The van der Waals surface area contributed by atoms with Crippen LogP contribution >= 0.6 is 0 Å². The molecule has 0 aliphatic carbocycles. The lowest BCUT2D eigenvalue weighted by Crippen LogP contribution is -2.55. The highest BCUT2D eigenvalue weighted by Crippen LogP contribution is 2.17. The molecule has 0 aliphatic rings. The molecule has 0 unspecified atom stereocenters. The van der Waals surface area contributed by atoms with Gasteiger partial charge in [-0.15, -0.1) is 0 Å². The second-order valence-corrected chi connectivity index (χ2v) is 18.3. The number of nitrogens with zero attached hydrogens (tertiary/aromatic N) is 3. The Morgan fingerprint density at radius 2 is 0.795 bits per heavy atom. The van der Waals surface area contributed by atoms with E-state index in [-0.39, 0.29) is 25.9 Å².